The van der Waals surface area contributed by atoms with Crippen molar-refractivity contribution in [2.75, 3.05) is 20.3 Å². The van der Waals surface area contributed by atoms with Gasteiger partial charge in [-0.3, -0.25) is 9.59 Å². The van der Waals surface area contributed by atoms with E-state index in [0.29, 0.717) is 18.8 Å². The summed E-state index contributed by atoms with van der Waals surface area (Å²) in [6.07, 6.45) is 2.41. The van der Waals surface area contributed by atoms with Gasteiger partial charge in [-0.05, 0) is 30.5 Å². The molecule has 1 saturated heterocycles. The molecule has 7 nitrogen and oxygen atoms in total. The topological polar surface area (TPSA) is 93.3 Å². The molecule has 3 rings (SSSR count). The van der Waals surface area contributed by atoms with E-state index in [2.05, 4.69) is 15.3 Å². The van der Waals surface area contributed by atoms with Crippen LogP contribution in [0.1, 0.15) is 34.7 Å². The average molecular weight is 343 g/mol. The van der Waals surface area contributed by atoms with Gasteiger partial charge in [0.15, 0.2) is 0 Å². The third-order valence-corrected chi connectivity index (χ3v) is 4.07. The summed E-state index contributed by atoms with van der Waals surface area (Å²) in [7, 11) is 1.60. The monoisotopic (exact) mass is 343 g/mol. The summed E-state index contributed by atoms with van der Waals surface area (Å²) in [6.45, 7) is 1.16. The number of aromatic nitrogens is 2. The highest BCUT2D eigenvalue weighted by atomic mass is 16.5. The Morgan fingerprint density at radius 1 is 1.40 bits per heavy atom. The first kappa shape index (κ1) is 17.2. The first-order valence-corrected chi connectivity index (χ1v) is 8.27. The zero-order valence-electron chi connectivity index (χ0n) is 14.1. The number of carbonyl (C=O) groups is 1. The van der Waals surface area contributed by atoms with Crippen LogP contribution in [0.15, 0.2) is 35.1 Å². The Bertz CT molecular complexity index is 780. The molecule has 2 aromatic rings. The van der Waals surface area contributed by atoms with E-state index in [-0.39, 0.29) is 23.3 Å². The lowest BCUT2D eigenvalue weighted by atomic mass is 10.1. The number of aromatic amines is 1. The summed E-state index contributed by atoms with van der Waals surface area (Å²) in [4.78, 5) is 31.0. The minimum Gasteiger partial charge on any atom is -0.497 e. The third-order valence-electron chi connectivity index (χ3n) is 4.07. The summed E-state index contributed by atoms with van der Waals surface area (Å²) in [5.41, 5.74) is 0.729. The van der Waals surface area contributed by atoms with Gasteiger partial charge in [0.05, 0.1) is 13.2 Å². The van der Waals surface area contributed by atoms with Gasteiger partial charge in [0.2, 0.25) is 0 Å². The molecule has 0 spiro atoms. The normalized spacial score (nSPS) is 16.6. The summed E-state index contributed by atoms with van der Waals surface area (Å²) in [5.74, 6) is 0.838. The second-order valence-corrected chi connectivity index (χ2v) is 5.95. The maximum Gasteiger partial charge on any atom is 0.270 e. The highest BCUT2D eigenvalue weighted by Gasteiger charge is 2.17. The van der Waals surface area contributed by atoms with Crippen LogP contribution in [0, 0.1) is 0 Å². The van der Waals surface area contributed by atoms with Crippen LogP contribution in [0.2, 0.25) is 0 Å². The molecule has 1 aliphatic rings. The van der Waals surface area contributed by atoms with Gasteiger partial charge in [0.1, 0.15) is 17.3 Å². The van der Waals surface area contributed by atoms with Crippen LogP contribution >= 0.6 is 0 Å². The Morgan fingerprint density at radius 2 is 2.20 bits per heavy atom. The Kier molecular flexibility index (Phi) is 5.45. The molecule has 1 aromatic heterocycles. The van der Waals surface area contributed by atoms with E-state index in [9.17, 15) is 9.59 Å². The van der Waals surface area contributed by atoms with Crippen LogP contribution in [0.4, 0.5) is 0 Å². The van der Waals surface area contributed by atoms with Crippen molar-refractivity contribution in [3.8, 4) is 5.75 Å². The van der Waals surface area contributed by atoms with E-state index in [4.69, 9.17) is 9.47 Å². The number of H-pyrrole nitrogens is 1. The van der Waals surface area contributed by atoms with Crippen LogP contribution in [0.3, 0.4) is 0 Å². The zero-order chi connectivity index (χ0) is 17.6. The van der Waals surface area contributed by atoms with Crippen molar-refractivity contribution >= 4 is 5.91 Å². The predicted octanol–water partition coefficient (Wildman–Crippen LogP) is 1.28. The number of hydrogen-bond donors (Lipinski definition) is 2. The molecule has 0 bridgehead atoms. The van der Waals surface area contributed by atoms with Gasteiger partial charge in [-0.15, -0.1) is 0 Å². The molecule has 1 aliphatic heterocycles. The lowest BCUT2D eigenvalue weighted by Crippen LogP contribution is -2.33. The van der Waals surface area contributed by atoms with Crippen molar-refractivity contribution in [2.45, 2.75) is 25.4 Å². The largest absolute Gasteiger partial charge is 0.497 e. The van der Waals surface area contributed by atoms with E-state index in [1.165, 1.54) is 6.07 Å². The number of ether oxygens (including phenoxy) is 2. The van der Waals surface area contributed by atoms with E-state index in [0.717, 1.165) is 30.8 Å². The second kappa shape index (κ2) is 7.94. The molecule has 1 amide bonds. The smallest absolute Gasteiger partial charge is 0.270 e. The van der Waals surface area contributed by atoms with Gasteiger partial charge in [-0.1, -0.05) is 12.1 Å². The Labute approximate surface area is 145 Å². The number of amides is 1. The maximum absolute atomic E-state index is 12.2. The molecular formula is C18H21N3O4. The zero-order valence-corrected chi connectivity index (χ0v) is 14.1. The number of benzene rings is 1. The Morgan fingerprint density at radius 3 is 2.88 bits per heavy atom. The fraction of sp³-hybridized carbons (Fsp3) is 0.389. The van der Waals surface area contributed by atoms with Crippen LogP contribution in [0.5, 0.6) is 5.75 Å². The maximum atomic E-state index is 12.2. The van der Waals surface area contributed by atoms with Crippen molar-refractivity contribution in [3.05, 3.63) is 57.8 Å². The van der Waals surface area contributed by atoms with Gasteiger partial charge >= 0.3 is 0 Å². The fourth-order valence-electron chi connectivity index (χ4n) is 2.75. The standard InChI is InChI=1S/C18H21N3O4/c1-24-13-6-4-12(5-7-13)9-16-20-15(10-17(22)21-16)18(23)19-11-14-3-2-8-25-14/h4-7,10,14H,2-3,8-9,11H2,1H3,(H,19,23)(H,20,21,22). The molecule has 2 N–H and O–H groups in total. The van der Waals surface area contributed by atoms with Crippen LogP contribution in [0.25, 0.3) is 0 Å². The van der Waals surface area contributed by atoms with Gasteiger partial charge in [0.25, 0.3) is 11.5 Å². The van der Waals surface area contributed by atoms with Gasteiger partial charge < -0.3 is 19.8 Å². The molecule has 7 heteroatoms. The SMILES string of the molecule is COc1ccc(Cc2nc(C(=O)NCC3CCCO3)cc(=O)[nH]2)cc1. The number of methoxy groups -OCH3 is 1. The van der Waals surface area contributed by atoms with Crippen molar-refractivity contribution in [2.24, 2.45) is 0 Å². The number of hydrogen-bond acceptors (Lipinski definition) is 5. The number of nitrogens with zero attached hydrogens (tertiary/aromatic N) is 1. The van der Waals surface area contributed by atoms with Crippen molar-refractivity contribution in [1.82, 2.24) is 15.3 Å². The van der Waals surface area contributed by atoms with Crippen molar-refractivity contribution in [3.63, 3.8) is 0 Å². The summed E-state index contributed by atoms with van der Waals surface area (Å²) in [6, 6.07) is 8.67. The second-order valence-electron chi connectivity index (χ2n) is 5.95. The summed E-state index contributed by atoms with van der Waals surface area (Å²) < 4.78 is 10.6. The van der Waals surface area contributed by atoms with E-state index in [1.807, 2.05) is 24.3 Å². The first-order chi connectivity index (χ1) is 12.1. The summed E-state index contributed by atoms with van der Waals surface area (Å²) in [5, 5.41) is 2.78. The minimum atomic E-state index is -0.363. The van der Waals surface area contributed by atoms with Gasteiger partial charge in [-0.25, -0.2) is 4.98 Å². The number of carbonyl (C=O) groups excluding carboxylic acids is 1. The molecule has 1 atom stereocenters. The highest BCUT2D eigenvalue weighted by Crippen LogP contribution is 2.13. The average Bonchev–Trinajstić information content (AvgIpc) is 3.13. The predicted molar refractivity (Wildman–Crippen MR) is 92.0 cm³/mol. The van der Waals surface area contributed by atoms with Gasteiger partial charge in [-0.2, -0.15) is 0 Å². The minimum absolute atomic E-state index is 0.0460. The van der Waals surface area contributed by atoms with Crippen LogP contribution in [-0.2, 0) is 11.2 Å². The molecule has 0 saturated carbocycles. The Hall–Kier alpha value is -2.67. The molecule has 132 valence electrons. The summed E-state index contributed by atoms with van der Waals surface area (Å²) >= 11 is 0. The number of nitrogens with one attached hydrogen (secondary N) is 2. The molecule has 2 heterocycles. The van der Waals surface area contributed by atoms with E-state index >= 15 is 0 Å². The lowest BCUT2D eigenvalue weighted by molar-refractivity contribution is 0.0853. The van der Waals surface area contributed by atoms with Crippen LogP contribution in [-0.4, -0.2) is 42.2 Å². The van der Waals surface area contributed by atoms with Crippen molar-refractivity contribution in [1.29, 1.82) is 0 Å². The van der Waals surface area contributed by atoms with E-state index in [1.54, 1.807) is 7.11 Å². The fourth-order valence-corrected chi connectivity index (χ4v) is 2.75. The molecule has 1 unspecified atom stereocenters. The highest BCUT2D eigenvalue weighted by molar-refractivity contribution is 5.92. The molecule has 1 aromatic carbocycles. The quantitative estimate of drug-likeness (QED) is 0.824. The Balaban J connectivity index is 1.68. The molecular weight excluding hydrogens is 322 g/mol. The number of rotatable bonds is 6. The van der Waals surface area contributed by atoms with Crippen molar-refractivity contribution < 1.29 is 14.3 Å². The molecule has 0 aliphatic carbocycles. The molecule has 1 fully saturated rings. The molecule has 25 heavy (non-hydrogen) atoms. The van der Waals surface area contributed by atoms with Gasteiger partial charge in [0, 0.05) is 25.6 Å². The third kappa shape index (κ3) is 4.67. The molecule has 0 radical (unpaired) electrons. The first-order valence-electron chi connectivity index (χ1n) is 8.27. The van der Waals surface area contributed by atoms with Crippen LogP contribution < -0.4 is 15.6 Å². The lowest BCUT2D eigenvalue weighted by Gasteiger charge is -2.10. The van der Waals surface area contributed by atoms with E-state index < -0.39 is 0 Å².